The van der Waals surface area contributed by atoms with Crippen LogP contribution in [0.25, 0.3) is 0 Å². The van der Waals surface area contributed by atoms with E-state index in [2.05, 4.69) is 16.0 Å². The minimum absolute atomic E-state index is 0.0267. The Bertz CT molecular complexity index is 839. The Morgan fingerprint density at radius 2 is 1.76 bits per heavy atom. The molecule has 0 spiro atoms. The molecule has 0 fully saturated rings. The van der Waals surface area contributed by atoms with Gasteiger partial charge in [-0.15, -0.1) is 0 Å². The van der Waals surface area contributed by atoms with Crippen LogP contribution in [-0.2, 0) is 29.1 Å². The van der Waals surface area contributed by atoms with Crippen LogP contribution in [0.4, 0.5) is 5.69 Å². The number of aryl methyl sites for hydroxylation is 1. The van der Waals surface area contributed by atoms with Crippen LogP contribution in [0.5, 0.6) is 0 Å². The highest BCUT2D eigenvalue weighted by Crippen LogP contribution is 2.21. The molecule has 0 aliphatic rings. The summed E-state index contributed by atoms with van der Waals surface area (Å²) in [6.45, 7) is 4.46. The molecule has 0 unspecified atom stereocenters. The second-order valence-electron chi connectivity index (χ2n) is 6.30. The number of sulfonamides is 1. The first-order chi connectivity index (χ1) is 13.6. The Hall–Kier alpha value is -2.50. The summed E-state index contributed by atoms with van der Waals surface area (Å²) >= 11 is 0. The topological polar surface area (TPSA) is 134 Å². The van der Waals surface area contributed by atoms with Crippen molar-refractivity contribution in [3.05, 3.63) is 23.8 Å². The van der Waals surface area contributed by atoms with Gasteiger partial charge in [-0.1, -0.05) is 6.07 Å². The first kappa shape index (κ1) is 24.5. The quantitative estimate of drug-likeness (QED) is 0.350. The summed E-state index contributed by atoms with van der Waals surface area (Å²) in [7, 11) is -0.838. The highest BCUT2D eigenvalue weighted by molar-refractivity contribution is 7.89. The highest BCUT2D eigenvalue weighted by Gasteiger charge is 2.19. The van der Waals surface area contributed by atoms with Crippen molar-refractivity contribution in [2.45, 2.75) is 25.2 Å². The van der Waals surface area contributed by atoms with Crippen LogP contribution in [0.2, 0.25) is 0 Å². The van der Waals surface area contributed by atoms with E-state index in [4.69, 9.17) is 4.74 Å². The minimum atomic E-state index is -3.65. The number of anilines is 1. The molecule has 3 amide bonds. The first-order valence-electron chi connectivity index (χ1n) is 9.06. The highest BCUT2D eigenvalue weighted by atomic mass is 32.2. The van der Waals surface area contributed by atoms with E-state index < -0.39 is 34.3 Å². The standard InChI is InChI=1S/C18H28N4O6S/c1-5-28-10-6-9-19-17(24)18(25)20-12-16(23)21-15-11-14(8-7-13(15)2)29(26,27)22(3)4/h7-8,11H,5-6,9-10,12H2,1-4H3,(H,19,24)(H,20,25)(H,21,23). The van der Waals surface area contributed by atoms with Gasteiger partial charge in [-0.25, -0.2) is 12.7 Å². The number of hydrogen-bond acceptors (Lipinski definition) is 6. The van der Waals surface area contributed by atoms with E-state index in [1.54, 1.807) is 13.0 Å². The number of benzene rings is 1. The molecule has 0 atom stereocenters. The minimum Gasteiger partial charge on any atom is -0.382 e. The number of nitrogens with zero attached hydrogens (tertiary/aromatic N) is 1. The van der Waals surface area contributed by atoms with Gasteiger partial charge in [0.25, 0.3) is 0 Å². The van der Waals surface area contributed by atoms with Gasteiger partial charge in [0.2, 0.25) is 15.9 Å². The summed E-state index contributed by atoms with van der Waals surface area (Å²) in [5.74, 6) is -2.37. The van der Waals surface area contributed by atoms with Gasteiger partial charge in [0.05, 0.1) is 11.4 Å². The predicted octanol–water partition coefficient (Wildman–Crippen LogP) is -0.157. The molecule has 10 nitrogen and oxygen atoms in total. The molecule has 11 heteroatoms. The molecule has 0 radical (unpaired) electrons. The normalized spacial score (nSPS) is 11.2. The maximum absolute atomic E-state index is 12.2. The van der Waals surface area contributed by atoms with Crippen LogP contribution in [0.1, 0.15) is 18.9 Å². The lowest BCUT2D eigenvalue weighted by molar-refractivity contribution is -0.139. The van der Waals surface area contributed by atoms with E-state index in [9.17, 15) is 22.8 Å². The summed E-state index contributed by atoms with van der Waals surface area (Å²) in [5, 5.41) is 7.18. The molecule has 3 N–H and O–H groups in total. The number of amides is 3. The summed E-state index contributed by atoms with van der Waals surface area (Å²) in [6.07, 6.45) is 0.568. The van der Waals surface area contributed by atoms with Crippen molar-refractivity contribution in [2.24, 2.45) is 0 Å². The zero-order chi connectivity index (χ0) is 22.0. The summed E-state index contributed by atoms with van der Waals surface area (Å²) in [6, 6.07) is 4.35. The SMILES string of the molecule is CCOCCCNC(=O)C(=O)NCC(=O)Nc1cc(S(=O)(=O)N(C)C)ccc1C. The Kier molecular flexibility index (Phi) is 9.72. The third kappa shape index (κ3) is 7.80. The fraction of sp³-hybridized carbons (Fsp3) is 0.500. The summed E-state index contributed by atoms with van der Waals surface area (Å²) in [4.78, 5) is 35.5. The molecule has 29 heavy (non-hydrogen) atoms. The number of carbonyl (C=O) groups excluding carboxylic acids is 3. The van der Waals surface area contributed by atoms with Crippen LogP contribution in [0, 0.1) is 6.92 Å². The van der Waals surface area contributed by atoms with E-state index in [1.807, 2.05) is 6.92 Å². The molecule has 0 aliphatic carbocycles. The number of carbonyl (C=O) groups is 3. The summed E-state index contributed by atoms with van der Waals surface area (Å²) in [5.41, 5.74) is 0.946. The average Bonchev–Trinajstić information content (AvgIpc) is 2.67. The Labute approximate surface area is 171 Å². The monoisotopic (exact) mass is 428 g/mol. The molecule has 1 rings (SSSR count). The van der Waals surface area contributed by atoms with Crippen LogP contribution >= 0.6 is 0 Å². The molecule has 0 bridgehead atoms. The molecule has 162 valence electrons. The maximum atomic E-state index is 12.2. The van der Waals surface area contributed by atoms with Crippen molar-refractivity contribution in [3.8, 4) is 0 Å². The van der Waals surface area contributed by atoms with Crippen LogP contribution in [-0.4, -0.2) is 70.8 Å². The van der Waals surface area contributed by atoms with E-state index in [1.165, 1.54) is 26.2 Å². The van der Waals surface area contributed by atoms with Crippen molar-refractivity contribution in [2.75, 3.05) is 45.7 Å². The predicted molar refractivity (Wildman–Crippen MR) is 108 cm³/mol. The lowest BCUT2D eigenvalue weighted by atomic mass is 10.2. The Morgan fingerprint density at radius 1 is 1.10 bits per heavy atom. The molecule has 0 aliphatic heterocycles. The number of nitrogens with one attached hydrogen (secondary N) is 3. The number of ether oxygens (including phenoxy) is 1. The summed E-state index contributed by atoms with van der Waals surface area (Å²) < 4.78 is 30.6. The van der Waals surface area contributed by atoms with Crippen molar-refractivity contribution in [1.82, 2.24) is 14.9 Å². The molecular formula is C18H28N4O6S. The van der Waals surface area contributed by atoms with E-state index in [0.717, 1.165) is 4.31 Å². The van der Waals surface area contributed by atoms with Gasteiger partial charge >= 0.3 is 11.8 Å². The maximum Gasteiger partial charge on any atom is 0.309 e. The van der Waals surface area contributed by atoms with Crippen molar-refractivity contribution in [3.63, 3.8) is 0 Å². The van der Waals surface area contributed by atoms with Gasteiger partial charge in [0, 0.05) is 39.5 Å². The molecular weight excluding hydrogens is 400 g/mol. The Balaban J connectivity index is 2.58. The number of hydrogen-bond donors (Lipinski definition) is 3. The average molecular weight is 429 g/mol. The molecule has 1 aromatic carbocycles. The molecule has 0 aromatic heterocycles. The lowest BCUT2D eigenvalue weighted by Gasteiger charge is -2.14. The van der Waals surface area contributed by atoms with E-state index >= 15 is 0 Å². The number of rotatable bonds is 10. The third-order valence-corrected chi connectivity index (χ3v) is 5.64. The van der Waals surface area contributed by atoms with Gasteiger partial charge in [-0.05, 0) is 38.0 Å². The van der Waals surface area contributed by atoms with Crippen LogP contribution in [0.15, 0.2) is 23.1 Å². The second kappa shape index (κ2) is 11.5. The fourth-order valence-electron chi connectivity index (χ4n) is 2.14. The van der Waals surface area contributed by atoms with Gasteiger partial charge in [0.1, 0.15) is 0 Å². The van der Waals surface area contributed by atoms with Crippen LogP contribution in [0.3, 0.4) is 0 Å². The van der Waals surface area contributed by atoms with Crippen molar-refractivity contribution < 1.29 is 27.5 Å². The van der Waals surface area contributed by atoms with Crippen LogP contribution < -0.4 is 16.0 Å². The molecule has 0 saturated heterocycles. The van der Waals surface area contributed by atoms with E-state index in [-0.39, 0.29) is 11.4 Å². The Morgan fingerprint density at radius 3 is 2.38 bits per heavy atom. The first-order valence-corrected chi connectivity index (χ1v) is 10.5. The van der Waals surface area contributed by atoms with Gasteiger partial charge in [-0.3, -0.25) is 14.4 Å². The smallest absolute Gasteiger partial charge is 0.309 e. The third-order valence-electron chi connectivity index (χ3n) is 3.83. The second-order valence-corrected chi connectivity index (χ2v) is 8.45. The molecule has 0 heterocycles. The van der Waals surface area contributed by atoms with Gasteiger partial charge < -0.3 is 20.7 Å². The van der Waals surface area contributed by atoms with Crippen molar-refractivity contribution in [1.29, 1.82) is 0 Å². The van der Waals surface area contributed by atoms with Gasteiger partial charge in [0.15, 0.2) is 0 Å². The van der Waals surface area contributed by atoms with E-state index in [0.29, 0.717) is 30.9 Å². The van der Waals surface area contributed by atoms with Gasteiger partial charge in [-0.2, -0.15) is 0 Å². The largest absolute Gasteiger partial charge is 0.382 e. The van der Waals surface area contributed by atoms with Crippen molar-refractivity contribution >= 4 is 33.4 Å². The molecule has 1 aromatic rings. The fourth-order valence-corrected chi connectivity index (χ4v) is 3.07. The zero-order valence-electron chi connectivity index (χ0n) is 17.1. The molecule has 0 saturated carbocycles. The zero-order valence-corrected chi connectivity index (χ0v) is 17.9. The lowest BCUT2D eigenvalue weighted by Crippen LogP contribution is -2.43.